The highest BCUT2D eigenvalue weighted by Crippen LogP contribution is 2.19. The number of amides is 1. The molecule has 0 aromatic carbocycles. The van der Waals surface area contributed by atoms with Crippen molar-refractivity contribution in [3.8, 4) is 0 Å². The summed E-state index contributed by atoms with van der Waals surface area (Å²) < 4.78 is 3.05. The molecular weight excluding hydrogens is 312 g/mol. The lowest BCUT2D eigenvalue weighted by Crippen LogP contribution is -2.25. The molecular formula is C13H15BrN2OS. The topological polar surface area (TPSA) is 34.0 Å². The molecule has 2 aromatic heterocycles. The predicted molar refractivity (Wildman–Crippen MR) is 77.9 cm³/mol. The molecule has 0 aliphatic carbocycles. The molecule has 0 spiro atoms. The van der Waals surface area contributed by atoms with E-state index in [1.54, 1.807) is 11.3 Å². The van der Waals surface area contributed by atoms with Crippen LogP contribution in [0.1, 0.15) is 28.7 Å². The standard InChI is InChI=1S/C13H15BrN2OS/c1-2-5-16-6-3-4-12(16)13(17)15-8-11-7-10(14)9-18-11/h3-4,6-7,9H,2,5,8H2,1H3,(H,15,17). The van der Waals surface area contributed by atoms with Crippen LogP contribution in [0.3, 0.4) is 0 Å². The van der Waals surface area contributed by atoms with Crippen LogP contribution in [0.25, 0.3) is 0 Å². The smallest absolute Gasteiger partial charge is 0.268 e. The Morgan fingerprint density at radius 3 is 3.06 bits per heavy atom. The molecule has 1 amide bonds. The minimum atomic E-state index is -0.0158. The van der Waals surface area contributed by atoms with Crippen molar-refractivity contribution in [3.63, 3.8) is 0 Å². The molecule has 96 valence electrons. The highest BCUT2D eigenvalue weighted by atomic mass is 79.9. The van der Waals surface area contributed by atoms with Gasteiger partial charge in [-0.3, -0.25) is 4.79 Å². The number of halogens is 1. The fourth-order valence-electron chi connectivity index (χ4n) is 1.76. The maximum atomic E-state index is 12.0. The molecule has 0 aliphatic rings. The highest BCUT2D eigenvalue weighted by Gasteiger charge is 2.10. The van der Waals surface area contributed by atoms with E-state index in [2.05, 4.69) is 28.2 Å². The largest absolute Gasteiger partial charge is 0.346 e. The van der Waals surface area contributed by atoms with Gasteiger partial charge in [-0.25, -0.2) is 0 Å². The third-order valence-corrected chi connectivity index (χ3v) is 4.27. The van der Waals surface area contributed by atoms with Gasteiger partial charge < -0.3 is 9.88 Å². The lowest BCUT2D eigenvalue weighted by molar-refractivity contribution is 0.0942. The summed E-state index contributed by atoms with van der Waals surface area (Å²) in [6, 6.07) is 5.79. The van der Waals surface area contributed by atoms with Crippen LogP contribution < -0.4 is 5.32 Å². The summed E-state index contributed by atoms with van der Waals surface area (Å²) in [5.41, 5.74) is 0.729. The van der Waals surface area contributed by atoms with Crippen molar-refractivity contribution in [2.75, 3.05) is 0 Å². The van der Waals surface area contributed by atoms with Gasteiger partial charge in [0.05, 0.1) is 6.54 Å². The lowest BCUT2D eigenvalue weighted by Gasteiger charge is -2.08. The Kier molecular flexibility index (Phi) is 4.60. The Bertz CT molecular complexity index is 533. The van der Waals surface area contributed by atoms with E-state index in [1.165, 1.54) is 0 Å². The van der Waals surface area contributed by atoms with Crippen molar-refractivity contribution in [3.05, 3.63) is 44.8 Å². The third kappa shape index (κ3) is 3.23. The normalized spacial score (nSPS) is 10.6. The Morgan fingerprint density at radius 2 is 2.39 bits per heavy atom. The van der Waals surface area contributed by atoms with Crippen LogP contribution in [-0.4, -0.2) is 10.5 Å². The van der Waals surface area contributed by atoms with Crippen molar-refractivity contribution >= 4 is 33.2 Å². The number of thiophene rings is 1. The average molecular weight is 327 g/mol. The summed E-state index contributed by atoms with van der Waals surface area (Å²) in [5.74, 6) is -0.0158. The van der Waals surface area contributed by atoms with Gasteiger partial charge in [-0.15, -0.1) is 11.3 Å². The molecule has 2 rings (SSSR count). The third-order valence-electron chi connectivity index (χ3n) is 2.57. The summed E-state index contributed by atoms with van der Waals surface area (Å²) in [6.07, 6.45) is 2.97. The second kappa shape index (κ2) is 6.20. The van der Waals surface area contributed by atoms with E-state index in [9.17, 15) is 4.79 Å². The van der Waals surface area contributed by atoms with Crippen molar-refractivity contribution in [2.24, 2.45) is 0 Å². The minimum Gasteiger partial charge on any atom is -0.346 e. The van der Waals surface area contributed by atoms with Crippen LogP contribution in [0.4, 0.5) is 0 Å². The molecule has 0 radical (unpaired) electrons. The Balaban J connectivity index is 1.97. The molecule has 0 saturated heterocycles. The summed E-state index contributed by atoms with van der Waals surface area (Å²) in [5, 5.41) is 4.96. The second-order valence-corrected chi connectivity index (χ2v) is 5.91. The van der Waals surface area contributed by atoms with E-state index >= 15 is 0 Å². The van der Waals surface area contributed by atoms with Crippen molar-refractivity contribution in [2.45, 2.75) is 26.4 Å². The van der Waals surface area contributed by atoms with Crippen LogP contribution >= 0.6 is 27.3 Å². The molecule has 2 aromatic rings. The number of hydrogen-bond acceptors (Lipinski definition) is 2. The van der Waals surface area contributed by atoms with Crippen LogP contribution in [0, 0.1) is 0 Å². The second-order valence-electron chi connectivity index (χ2n) is 4.00. The van der Waals surface area contributed by atoms with Crippen molar-refractivity contribution in [1.29, 1.82) is 0 Å². The number of carbonyl (C=O) groups excluding carboxylic acids is 1. The number of rotatable bonds is 5. The average Bonchev–Trinajstić information content (AvgIpc) is 2.96. The molecule has 0 atom stereocenters. The van der Waals surface area contributed by atoms with Crippen LogP contribution in [0.15, 0.2) is 34.2 Å². The molecule has 3 nitrogen and oxygen atoms in total. The van der Waals surface area contributed by atoms with Crippen LogP contribution in [0.2, 0.25) is 0 Å². The zero-order chi connectivity index (χ0) is 13.0. The monoisotopic (exact) mass is 326 g/mol. The first-order valence-electron chi connectivity index (χ1n) is 5.87. The number of aryl methyl sites for hydroxylation is 1. The van der Waals surface area contributed by atoms with E-state index < -0.39 is 0 Å². The SMILES string of the molecule is CCCn1cccc1C(=O)NCc1cc(Br)cs1. The first kappa shape index (κ1) is 13.4. The molecule has 0 aliphatic heterocycles. The molecule has 0 fully saturated rings. The predicted octanol–water partition coefficient (Wildman–Crippen LogP) is 3.65. The van der Waals surface area contributed by atoms with E-state index in [-0.39, 0.29) is 5.91 Å². The zero-order valence-electron chi connectivity index (χ0n) is 10.1. The maximum absolute atomic E-state index is 12.0. The van der Waals surface area contributed by atoms with Gasteiger partial charge in [-0.2, -0.15) is 0 Å². The molecule has 2 heterocycles. The summed E-state index contributed by atoms with van der Waals surface area (Å²) in [6.45, 7) is 3.55. The fourth-order valence-corrected chi connectivity index (χ4v) is 3.15. The Morgan fingerprint density at radius 1 is 1.56 bits per heavy atom. The number of carbonyl (C=O) groups is 1. The Labute approximate surface area is 119 Å². The van der Waals surface area contributed by atoms with E-state index in [0.717, 1.165) is 28.0 Å². The molecule has 18 heavy (non-hydrogen) atoms. The van der Waals surface area contributed by atoms with Gasteiger partial charge in [0, 0.05) is 27.5 Å². The quantitative estimate of drug-likeness (QED) is 0.894. The Hall–Kier alpha value is -1.07. The summed E-state index contributed by atoms with van der Waals surface area (Å²) in [4.78, 5) is 13.2. The highest BCUT2D eigenvalue weighted by molar-refractivity contribution is 9.10. The van der Waals surface area contributed by atoms with E-state index in [4.69, 9.17) is 0 Å². The minimum absolute atomic E-state index is 0.0158. The zero-order valence-corrected chi connectivity index (χ0v) is 12.6. The molecule has 0 saturated carbocycles. The number of hydrogen-bond donors (Lipinski definition) is 1. The number of aromatic nitrogens is 1. The first-order chi connectivity index (χ1) is 8.70. The van der Waals surface area contributed by atoms with Gasteiger partial charge in [-0.05, 0) is 40.5 Å². The number of nitrogens with one attached hydrogen (secondary N) is 1. The van der Waals surface area contributed by atoms with Crippen LogP contribution in [-0.2, 0) is 13.1 Å². The van der Waals surface area contributed by atoms with Gasteiger partial charge in [0.15, 0.2) is 0 Å². The maximum Gasteiger partial charge on any atom is 0.268 e. The lowest BCUT2D eigenvalue weighted by atomic mass is 10.3. The molecule has 0 unspecified atom stereocenters. The fraction of sp³-hybridized carbons (Fsp3) is 0.308. The van der Waals surface area contributed by atoms with Gasteiger partial charge in [0.2, 0.25) is 0 Å². The van der Waals surface area contributed by atoms with Gasteiger partial charge >= 0.3 is 0 Å². The van der Waals surface area contributed by atoms with E-state index in [1.807, 2.05) is 34.3 Å². The summed E-state index contributed by atoms with van der Waals surface area (Å²) >= 11 is 5.04. The van der Waals surface area contributed by atoms with Gasteiger partial charge in [0.1, 0.15) is 5.69 Å². The van der Waals surface area contributed by atoms with Crippen molar-refractivity contribution < 1.29 is 4.79 Å². The van der Waals surface area contributed by atoms with Crippen LogP contribution in [0.5, 0.6) is 0 Å². The van der Waals surface area contributed by atoms with E-state index in [0.29, 0.717) is 6.54 Å². The molecule has 0 bridgehead atoms. The molecule has 1 N–H and O–H groups in total. The van der Waals surface area contributed by atoms with Gasteiger partial charge in [-0.1, -0.05) is 6.92 Å². The first-order valence-corrected chi connectivity index (χ1v) is 7.54. The van der Waals surface area contributed by atoms with Crippen molar-refractivity contribution in [1.82, 2.24) is 9.88 Å². The molecule has 5 heteroatoms. The van der Waals surface area contributed by atoms with Gasteiger partial charge in [0.25, 0.3) is 5.91 Å². The number of nitrogens with zero attached hydrogens (tertiary/aromatic N) is 1. The summed E-state index contributed by atoms with van der Waals surface area (Å²) in [7, 11) is 0.